The van der Waals surface area contributed by atoms with E-state index in [1.165, 1.54) is 7.11 Å². The van der Waals surface area contributed by atoms with Crippen LogP contribution in [0.4, 0.5) is 0 Å². The average molecular weight is 160 g/mol. The first-order chi connectivity index (χ1) is 5.07. The van der Waals surface area contributed by atoms with Crippen LogP contribution in [0.5, 0.6) is 0 Å². The highest BCUT2D eigenvalue weighted by Gasteiger charge is 2.09. The van der Waals surface area contributed by atoms with Crippen molar-refractivity contribution in [1.82, 2.24) is 0 Å². The summed E-state index contributed by atoms with van der Waals surface area (Å²) in [7, 11) is 1.28. The van der Waals surface area contributed by atoms with Gasteiger partial charge >= 0.3 is 0 Å². The third-order valence-electron chi connectivity index (χ3n) is 1.11. The lowest BCUT2D eigenvalue weighted by Crippen LogP contribution is -2.38. The second-order valence-corrected chi connectivity index (χ2v) is 2.05. The summed E-state index contributed by atoms with van der Waals surface area (Å²) in [5.74, 6) is -3.97. The lowest BCUT2D eigenvalue weighted by molar-refractivity contribution is -0.321. The molecule has 0 bridgehead atoms. The Morgan fingerprint density at radius 1 is 1.45 bits per heavy atom. The van der Waals surface area contributed by atoms with Crippen LogP contribution >= 0.6 is 0 Å². The average Bonchev–Trinajstić information content (AvgIpc) is 1.86. The highest BCUT2D eigenvalue weighted by Crippen LogP contribution is 2.00. The second kappa shape index (κ2) is 4.68. The standard InChI is InChI=1S/C6H10O5/c1-11-3-4(6(9)10)2-5(7)8/h4H,2-3H2,1H3,(H,7,8)(H,9,10)/p-2. The van der Waals surface area contributed by atoms with Gasteiger partial charge in [-0.2, -0.15) is 0 Å². The number of carboxylic acids is 2. The molecule has 64 valence electrons. The first kappa shape index (κ1) is 9.90. The molecule has 0 fully saturated rings. The molecular formula is C6H8O5-2. The molecule has 0 N–H and O–H groups in total. The summed E-state index contributed by atoms with van der Waals surface area (Å²) >= 11 is 0. The molecule has 11 heavy (non-hydrogen) atoms. The number of ether oxygens (including phenoxy) is 1. The maximum Gasteiger partial charge on any atom is 0.0546 e. The van der Waals surface area contributed by atoms with Crippen molar-refractivity contribution < 1.29 is 24.5 Å². The summed E-state index contributed by atoms with van der Waals surface area (Å²) in [4.78, 5) is 20.1. The molecule has 0 saturated heterocycles. The molecule has 0 aliphatic carbocycles. The Morgan fingerprint density at radius 3 is 2.27 bits per heavy atom. The van der Waals surface area contributed by atoms with Crippen LogP contribution in [-0.2, 0) is 14.3 Å². The molecule has 5 heteroatoms. The number of hydrogen-bond donors (Lipinski definition) is 0. The fourth-order valence-corrected chi connectivity index (χ4v) is 0.613. The zero-order valence-corrected chi connectivity index (χ0v) is 6.03. The molecular weight excluding hydrogens is 152 g/mol. The monoisotopic (exact) mass is 160 g/mol. The predicted molar refractivity (Wildman–Crippen MR) is 30.0 cm³/mol. The smallest absolute Gasteiger partial charge is 0.0546 e. The van der Waals surface area contributed by atoms with E-state index < -0.39 is 24.3 Å². The lowest BCUT2D eigenvalue weighted by Gasteiger charge is -2.16. The van der Waals surface area contributed by atoms with Crippen LogP contribution in [-0.4, -0.2) is 25.7 Å². The number of carbonyl (C=O) groups is 2. The van der Waals surface area contributed by atoms with Crippen molar-refractivity contribution in [2.45, 2.75) is 6.42 Å². The van der Waals surface area contributed by atoms with Crippen LogP contribution in [0.3, 0.4) is 0 Å². The Hall–Kier alpha value is -1.10. The summed E-state index contributed by atoms with van der Waals surface area (Å²) in [5, 5.41) is 20.1. The molecule has 0 aromatic heterocycles. The number of methoxy groups -OCH3 is 1. The Labute approximate surface area is 63.6 Å². The lowest BCUT2D eigenvalue weighted by atomic mass is 10.1. The van der Waals surface area contributed by atoms with E-state index in [0.717, 1.165) is 0 Å². The maximum atomic E-state index is 10.1. The maximum absolute atomic E-state index is 10.1. The fraction of sp³-hybridized carbons (Fsp3) is 0.667. The van der Waals surface area contributed by atoms with Crippen LogP contribution in [0.25, 0.3) is 0 Å². The van der Waals surface area contributed by atoms with E-state index in [4.69, 9.17) is 0 Å². The highest BCUT2D eigenvalue weighted by atomic mass is 16.5. The van der Waals surface area contributed by atoms with Gasteiger partial charge in [0.1, 0.15) is 0 Å². The Morgan fingerprint density at radius 2 is 2.00 bits per heavy atom. The third-order valence-corrected chi connectivity index (χ3v) is 1.11. The molecule has 0 heterocycles. The summed E-state index contributed by atoms with van der Waals surface area (Å²) in [6, 6.07) is 0. The van der Waals surface area contributed by atoms with Gasteiger partial charge in [-0.05, 0) is 6.42 Å². The predicted octanol–water partition coefficient (Wildman–Crippen LogP) is -2.86. The van der Waals surface area contributed by atoms with Gasteiger partial charge < -0.3 is 24.5 Å². The minimum Gasteiger partial charge on any atom is -0.550 e. The van der Waals surface area contributed by atoms with Crippen LogP contribution in [0.1, 0.15) is 6.42 Å². The Bertz CT molecular complexity index is 153. The van der Waals surface area contributed by atoms with Crippen LogP contribution in [0, 0.1) is 5.92 Å². The van der Waals surface area contributed by atoms with Gasteiger partial charge in [0.05, 0.1) is 6.61 Å². The van der Waals surface area contributed by atoms with Gasteiger partial charge in [0, 0.05) is 25.0 Å². The fourth-order valence-electron chi connectivity index (χ4n) is 0.613. The zero-order chi connectivity index (χ0) is 8.85. The number of rotatable bonds is 5. The van der Waals surface area contributed by atoms with Gasteiger partial charge in [-0.15, -0.1) is 0 Å². The molecule has 0 amide bonds. The normalized spacial score (nSPS) is 12.5. The van der Waals surface area contributed by atoms with Crippen molar-refractivity contribution in [3.05, 3.63) is 0 Å². The molecule has 0 aliphatic heterocycles. The topological polar surface area (TPSA) is 89.5 Å². The van der Waals surface area contributed by atoms with E-state index in [1.807, 2.05) is 0 Å². The van der Waals surface area contributed by atoms with Gasteiger partial charge in [-0.25, -0.2) is 0 Å². The molecule has 0 aromatic carbocycles. The van der Waals surface area contributed by atoms with Crippen molar-refractivity contribution in [3.63, 3.8) is 0 Å². The van der Waals surface area contributed by atoms with Crippen molar-refractivity contribution in [3.8, 4) is 0 Å². The van der Waals surface area contributed by atoms with E-state index in [9.17, 15) is 19.8 Å². The summed E-state index contributed by atoms with van der Waals surface area (Å²) in [5.41, 5.74) is 0. The molecule has 0 aromatic rings. The molecule has 1 atom stereocenters. The van der Waals surface area contributed by atoms with Gasteiger partial charge in [0.25, 0.3) is 0 Å². The van der Waals surface area contributed by atoms with Crippen LogP contribution < -0.4 is 10.2 Å². The van der Waals surface area contributed by atoms with Crippen LogP contribution in [0.15, 0.2) is 0 Å². The number of carbonyl (C=O) groups excluding carboxylic acids is 2. The number of carboxylic acid groups (broad SMARTS) is 2. The first-order valence-corrected chi connectivity index (χ1v) is 2.97. The van der Waals surface area contributed by atoms with Crippen molar-refractivity contribution in [2.75, 3.05) is 13.7 Å². The Balaban J connectivity index is 3.89. The van der Waals surface area contributed by atoms with Crippen molar-refractivity contribution in [1.29, 1.82) is 0 Å². The minimum atomic E-state index is -1.43. The number of hydrogen-bond acceptors (Lipinski definition) is 5. The van der Waals surface area contributed by atoms with E-state index in [0.29, 0.717) is 0 Å². The third kappa shape index (κ3) is 4.32. The van der Waals surface area contributed by atoms with E-state index in [2.05, 4.69) is 4.74 Å². The van der Waals surface area contributed by atoms with Crippen LogP contribution in [0.2, 0.25) is 0 Å². The summed E-state index contributed by atoms with van der Waals surface area (Å²) in [6.45, 7) is -0.170. The molecule has 0 aliphatic rings. The quantitative estimate of drug-likeness (QED) is 0.431. The van der Waals surface area contributed by atoms with Gasteiger partial charge in [0.15, 0.2) is 0 Å². The highest BCUT2D eigenvalue weighted by molar-refractivity contribution is 5.75. The van der Waals surface area contributed by atoms with Gasteiger partial charge in [-0.3, -0.25) is 0 Å². The van der Waals surface area contributed by atoms with Crippen molar-refractivity contribution in [2.24, 2.45) is 5.92 Å². The molecule has 5 nitrogen and oxygen atoms in total. The van der Waals surface area contributed by atoms with Gasteiger partial charge in [-0.1, -0.05) is 0 Å². The molecule has 0 spiro atoms. The van der Waals surface area contributed by atoms with E-state index >= 15 is 0 Å². The largest absolute Gasteiger partial charge is 0.550 e. The number of aliphatic carboxylic acids is 2. The van der Waals surface area contributed by atoms with Crippen molar-refractivity contribution >= 4 is 11.9 Å². The summed E-state index contributed by atoms with van der Waals surface area (Å²) in [6.07, 6.45) is -0.573. The first-order valence-electron chi connectivity index (χ1n) is 2.97. The minimum absolute atomic E-state index is 0.170. The van der Waals surface area contributed by atoms with E-state index in [-0.39, 0.29) is 6.61 Å². The second-order valence-electron chi connectivity index (χ2n) is 2.05. The molecule has 1 unspecified atom stereocenters. The van der Waals surface area contributed by atoms with E-state index in [1.54, 1.807) is 0 Å². The molecule has 0 radical (unpaired) electrons. The SMILES string of the molecule is COCC(CC(=O)[O-])C(=O)[O-]. The zero-order valence-electron chi connectivity index (χ0n) is 6.03. The summed E-state index contributed by atoms with van der Waals surface area (Å²) < 4.78 is 4.45. The molecule has 0 rings (SSSR count). The van der Waals surface area contributed by atoms with Gasteiger partial charge in [0.2, 0.25) is 0 Å². The molecule has 0 saturated carbocycles. The Kier molecular flexibility index (Phi) is 4.21.